The number of nitrogens with one attached hydrogen (secondary N) is 1. The Kier molecular flexibility index (Phi) is 13.4. The van der Waals surface area contributed by atoms with Gasteiger partial charge in [-0.1, -0.05) is 24.3 Å². The normalized spacial score (nSPS) is 26.3. The van der Waals surface area contributed by atoms with Crippen LogP contribution in [0.3, 0.4) is 0 Å². The monoisotopic (exact) mass is 673 g/mol. The van der Waals surface area contributed by atoms with E-state index in [4.69, 9.17) is 18.9 Å². The molecule has 264 valence electrons. The third-order valence-electron chi connectivity index (χ3n) is 8.81. The third-order valence-corrected chi connectivity index (χ3v) is 8.81. The van der Waals surface area contributed by atoms with Crippen LogP contribution in [0, 0.1) is 5.92 Å². The molecule has 1 heterocycles. The van der Waals surface area contributed by atoms with Crippen LogP contribution in [0.5, 0.6) is 11.5 Å². The van der Waals surface area contributed by atoms with Crippen molar-refractivity contribution < 1.29 is 59.2 Å². The lowest BCUT2D eigenvalue weighted by molar-refractivity contribution is -0.287. The van der Waals surface area contributed by atoms with Gasteiger partial charge in [-0.3, -0.25) is 4.79 Å². The fraction of sp³-hybridized carbons (Fsp3) is 0.543. The molecule has 2 aromatic rings. The van der Waals surface area contributed by atoms with Crippen LogP contribution >= 0.6 is 0 Å². The predicted octanol–water partition coefficient (Wildman–Crippen LogP) is 0.940. The minimum Gasteiger partial charge on any atom is -0.504 e. The van der Waals surface area contributed by atoms with E-state index in [0.717, 1.165) is 30.0 Å². The van der Waals surface area contributed by atoms with Crippen molar-refractivity contribution in [1.29, 1.82) is 0 Å². The van der Waals surface area contributed by atoms with Crippen molar-refractivity contribution in [2.24, 2.45) is 5.92 Å². The lowest BCUT2D eigenvalue weighted by atomic mass is 9.72. The Hall–Kier alpha value is -3.56. The van der Waals surface area contributed by atoms with Crippen LogP contribution in [0.2, 0.25) is 0 Å². The maximum absolute atomic E-state index is 14.1. The summed E-state index contributed by atoms with van der Waals surface area (Å²) >= 11 is 0. The number of esters is 2. The predicted molar refractivity (Wildman–Crippen MR) is 173 cm³/mol. The summed E-state index contributed by atoms with van der Waals surface area (Å²) in [5, 5.41) is 64.7. The summed E-state index contributed by atoms with van der Waals surface area (Å²) in [6, 6.07) is 10.5. The number of aliphatic hydroxyl groups is 5. The molecule has 1 saturated heterocycles. The number of benzene rings is 2. The number of methoxy groups -OCH3 is 1. The number of phenols is 1. The standard InChI is InChI=1S/C35H47NO12/c1-19(39)16-36-17-30-31(42)32(46-20(2)40)33(35(44)47-30)48-34(43)25(12-22-5-9-28(41)29(14-22)45-3)15-27-24(18-38)8-7-23-6-4-21(10-11-37)13-26(23)27/h4-6,9,12-14,19,24,27,30-33,35-39,41-42,44H,7-8,10-11,15-18H2,1-3H3. The molecular formula is C35H47NO12. The molecule has 1 aliphatic carbocycles. The van der Waals surface area contributed by atoms with Crippen LogP contribution < -0.4 is 10.1 Å². The van der Waals surface area contributed by atoms with Crippen molar-refractivity contribution in [3.05, 3.63) is 64.2 Å². The van der Waals surface area contributed by atoms with Gasteiger partial charge in [0, 0.05) is 38.8 Å². The van der Waals surface area contributed by atoms with E-state index in [1.165, 1.54) is 19.2 Å². The van der Waals surface area contributed by atoms with Crippen LogP contribution in [0.4, 0.5) is 0 Å². The quantitative estimate of drug-likeness (QED) is 0.110. The molecule has 0 radical (unpaired) electrons. The number of carbonyl (C=O) groups excluding carboxylic acids is 2. The van der Waals surface area contributed by atoms with Crippen molar-refractivity contribution in [2.45, 2.75) is 82.3 Å². The maximum Gasteiger partial charge on any atom is 0.334 e. The third kappa shape index (κ3) is 9.32. The molecule has 0 bridgehead atoms. The zero-order chi connectivity index (χ0) is 35.0. The Morgan fingerprint density at radius 3 is 2.54 bits per heavy atom. The van der Waals surface area contributed by atoms with Crippen molar-refractivity contribution in [1.82, 2.24) is 5.32 Å². The Balaban J connectivity index is 1.70. The second kappa shape index (κ2) is 17.2. The lowest BCUT2D eigenvalue weighted by Crippen LogP contribution is -2.62. The van der Waals surface area contributed by atoms with E-state index in [9.17, 15) is 40.2 Å². The number of aliphatic hydroxyl groups excluding tert-OH is 5. The first-order valence-corrected chi connectivity index (χ1v) is 16.1. The minimum absolute atomic E-state index is 0.00268. The number of ether oxygens (including phenoxy) is 4. The highest BCUT2D eigenvalue weighted by Gasteiger charge is 2.49. The molecule has 0 aromatic heterocycles. The van der Waals surface area contributed by atoms with E-state index in [0.29, 0.717) is 18.4 Å². The number of hydrogen-bond acceptors (Lipinski definition) is 13. The van der Waals surface area contributed by atoms with Gasteiger partial charge in [0.15, 0.2) is 30.0 Å². The number of rotatable bonds is 14. The Labute approximate surface area is 279 Å². The number of aromatic hydroxyl groups is 1. The molecule has 2 aromatic carbocycles. The first-order valence-electron chi connectivity index (χ1n) is 16.1. The molecule has 8 unspecified atom stereocenters. The van der Waals surface area contributed by atoms with Gasteiger partial charge in [-0.2, -0.15) is 0 Å². The van der Waals surface area contributed by atoms with E-state index in [2.05, 4.69) is 5.32 Å². The van der Waals surface area contributed by atoms with Gasteiger partial charge in [0.1, 0.15) is 12.2 Å². The first kappa shape index (κ1) is 37.3. The van der Waals surface area contributed by atoms with Crippen molar-refractivity contribution in [3.63, 3.8) is 0 Å². The van der Waals surface area contributed by atoms with Crippen LogP contribution in [-0.4, -0.2) is 113 Å². The van der Waals surface area contributed by atoms with Crippen LogP contribution in [0.1, 0.15) is 54.9 Å². The topological polar surface area (TPSA) is 204 Å². The van der Waals surface area contributed by atoms with E-state index >= 15 is 0 Å². The summed E-state index contributed by atoms with van der Waals surface area (Å²) in [4.78, 5) is 26.2. The highest BCUT2D eigenvalue weighted by atomic mass is 16.7. The Morgan fingerprint density at radius 2 is 1.88 bits per heavy atom. The molecule has 1 fully saturated rings. The molecule has 2 aliphatic rings. The Morgan fingerprint density at radius 1 is 1.10 bits per heavy atom. The van der Waals surface area contributed by atoms with Crippen LogP contribution in [0.15, 0.2) is 42.0 Å². The van der Waals surface area contributed by atoms with Crippen molar-refractivity contribution in [3.8, 4) is 11.5 Å². The summed E-state index contributed by atoms with van der Waals surface area (Å²) in [7, 11) is 1.39. The number of fused-ring (bicyclic) bond motifs is 1. The van der Waals surface area contributed by atoms with E-state index < -0.39 is 48.7 Å². The van der Waals surface area contributed by atoms with Crippen LogP contribution in [-0.2, 0) is 36.6 Å². The smallest absolute Gasteiger partial charge is 0.334 e. The number of aryl methyl sites for hydroxylation is 1. The lowest BCUT2D eigenvalue weighted by Gasteiger charge is -2.42. The van der Waals surface area contributed by atoms with Gasteiger partial charge in [0.05, 0.1) is 13.2 Å². The van der Waals surface area contributed by atoms with E-state index in [1.807, 2.05) is 18.2 Å². The first-order chi connectivity index (χ1) is 22.9. The average molecular weight is 674 g/mol. The fourth-order valence-electron chi connectivity index (χ4n) is 6.38. The molecule has 7 N–H and O–H groups in total. The molecule has 8 atom stereocenters. The van der Waals surface area contributed by atoms with Gasteiger partial charge >= 0.3 is 11.9 Å². The van der Waals surface area contributed by atoms with Gasteiger partial charge in [-0.05, 0) is 84.9 Å². The molecule has 0 amide bonds. The van der Waals surface area contributed by atoms with Crippen molar-refractivity contribution >= 4 is 18.0 Å². The number of phenolic OH excluding ortho intramolecular Hbond substituents is 1. The molecule has 4 rings (SSSR count). The van der Waals surface area contributed by atoms with Gasteiger partial charge in [0.2, 0.25) is 0 Å². The summed E-state index contributed by atoms with van der Waals surface area (Å²) in [5.74, 6) is -2.13. The molecular weight excluding hydrogens is 626 g/mol. The van der Waals surface area contributed by atoms with Gasteiger partial charge in [-0.15, -0.1) is 0 Å². The largest absolute Gasteiger partial charge is 0.504 e. The summed E-state index contributed by atoms with van der Waals surface area (Å²) in [6.45, 7) is 2.70. The summed E-state index contributed by atoms with van der Waals surface area (Å²) < 4.78 is 22.0. The molecule has 13 nitrogen and oxygen atoms in total. The molecule has 48 heavy (non-hydrogen) atoms. The van der Waals surface area contributed by atoms with Crippen LogP contribution in [0.25, 0.3) is 6.08 Å². The molecule has 0 saturated carbocycles. The highest BCUT2D eigenvalue weighted by molar-refractivity contribution is 5.94. The zero-order valence-corrected chi connectivity index (χ0v) is 27.4. The molecule has 0 spiro atoms. The Bertz CT molecular complexity index is 1430. The second-order valence-corrected chi connectivity index (χ2v) is 12.4. The molecule has 13 heteroatoms. The van der Waals surface area contributed by atoms with E-state index in [-0.39, 0.29) is 61.6 Å². The highest BCUT2D eigenvalue weighted by Crippen LogP contribution is 2.42. The minimum atomic E-state index is -1.78. The number of carbonyl (C=O) groups is 2. The maximum atomic E-state index is 14.1. The average Bonchev–Trinajstić information content (AvgIpc) is 3.05. The van der Waals surface area contributed by atoms with Gasteiger partial charge in [-0.25, -0.2) is 4.79 Å². The summed E-state index contributed by atoms with van der Waals surface area (Å²) in [6.07, 6.45) is -4.62. The van der Waals surface area contributed by atoms with Gasteiger partial charge < -0.3 is 54.9 Å². The summed E-state index contributed by atoms with van der Waals surface area (Å²) in [5.41, 5.74) is 3.54. The fourth-order valence-corrected chi connectivity index (χ4v) is 6.38. The van der Waals surface area contributed by atoms with Gasteiger partial charge in [0.25, 0.3) is 0 Å². The molecule has 1 aliphatic heterocycles. The zero-order valence-electron chi connectivity index (χ0n) is 27.4. The second-order valence-electron chi connectivity index (χ2n) is 12.4. The SMILES string of the molecule is COc1cc(C=C(CC2c3cc(CCO)ccc3CCC2CO)C(=O)OC2C(O)OC(CNCC(C)O)C(O)C2OC(C)=O)ccc1O. The van der Waals surface area contributed by atoms with E-state index in [1.54, 1.807) is 19.1 Å². The van der Waals surface area contributed by atoms with Crippen molar-refractivity contribution in [2.75, 3.05) is 33.4 Å². The number of hydrogen-bond donors (Lipinski definition) is 7.